The van der Waals surface area contributed by atoms with E-state index in [0.717, 1.165) is 5.56 Å². The van der Waals surface area contributed by atoms with Crippen molar-refractivity contribution in [3.63, 3.8) is 0 Å². The van der Waals surface area contributed by atoms with Crippen LogP contribution in [-0.2, 0) is 9.53 Å². The summed E-state index contributed by atoms with van der Waals surface area (Å²) < 4.78 is 4.92. The molecule has 1 unspecified atom stereocenters. The Morgan fingerprint density at radius 3 is 2.53 bits per heavy atom. The number of cyclic esters (lactones) is 1. The molecule has 1 heterocycles. The first-order valence-corrected chi connectivity index (χ1v) is 4.97. The van der Waals surface area contributed by atoms with E-state index in [0.29, 0.717) is 18.4 Å². The quantitative estimate of drug-likeness (QED) is 0.545. The van der Waals surface area contributed by atoms with Crippen molar-refractivity contribution in [1.82, 2.24) is 0 Å². The second-order valence-corrected chi connectivity index (χ2v) is 3.75. The Balaban J connectivity index is 2.14. The topological polar surface area (TPSA) is 43.4 Å². The third-order valence-corrected chi connectivity index (χ3v) is 2.51. The van der Waals surface area contributed by atoms with E-state index in [1.165, 1.54) is 0 Å². The van der Waals surface area contributed by atoms with Gasteiger partial charge in [-0.3, -0.25) is 9.59 Å². The van der Waals surface area contributed by atoms with E-state index in [9.17, 15) is 9.59 Å². The van der Waals surface area contributed by atoms with Gasteiger partial charge in [0.25, 0.3) is 0 Å². The Hall–Kier alpha value is -1.64. The first-order chi connectivity index (χ1) is 7.16. The highest BCUT2D eigenvalue weighted by atomic mass is 16.6. The van der Waals surface area contributed by atoms with Gasteiger partial charge in [-0.1, -0.05) is 29.8 Å². The Kier molecular flexibility index (Phi) is 2.54. The third-order valence-electron chi connectivity index (χ3n) is 2.51. The lowest BCUT2D eigenvalue weighted by molar-refractivity contribution is -0.140. The maximum Gasteiger partial charge on any atom is 0.306 e. The second kappa shape index (κ2) is 3.85. The SMILES string of the molecule is Cc1ccc(C(=O)C2CCC(=O)O2)cc1. The van der Waals surface area contributed by atoms with Crippen molar-refractivity contribution in [1.29, 1.82) is 0 Å². The van der Waals surface area contributed by atoms with Crippen molar-refractivity contribution in [2.75, 3.05) is 0 Å². The molecule has 1 aromatic rings. The van der Waals surface area contributed by atoms with Crippen molar-refractivity contribution >= 4 is 11.8 Å². The minimum Gasteiger partial charge on any atom is -0.454 e. The lowest BCUT2D eigenvalue weighted by Gasteiger charge is -2.07. The summed E-state index contributed by atoms with van der Waals surface area (Å²) in [6, 6.07) is 7.29. The molecule has 0 amide bonds. The zero-order valence-electron chi connectivity index (χ0n) is 8.53. The third kappa shape index (κ3) is 2.06. The maximum absolute atomic E-state index is 11.8. The van der Waals surface area contributed by atoms with Crippen LogP contribution >= 0.6 is 0 Å². The van der Waals surface area contributed by atoms with Crippen LogP contribution in [0.15, 0.2) is 24.3 Å². The average molecular weight is 204 g/mol. The highest BCUT2D eigenvalue weighted by molar-refractivity contribution is 6.01. The van der Waals surface area contributed by atoms with Crippen molar-refractivity contribution in [2.45, 2.75) is 25.9 Å². The molecule has 2 rings (SSSR count). The Labute approximate surface area is 88.1 Å². The molecule has 0 spiro atoms. The minimum atomic E-state index is -0.569. The van der Waals surface area contributed by atoms with Crippen LogP contribution < -0.4 is 0 Å². The summed E-state index contributed by atoms with van der Waals surface area (Å²) in [5, 5.41) is 0. The van der Waals surface area contributed by atoms with Crippen LogP contribution in [-0.4, -0.2) is 17.9 Å². The van der Waals surface area contributed by atoms with Crippen molar-refractivity contribution in [3.05, 3.63) is 35.4 Å². The molecule has 1 fully saturated rings. The lowest BCUT2D eigenvalue weighted by atomic mass is 10.0. The molecule has 1 aromatic carbocycles. The van der Waals surface area contributed by atoms with Crippen LogP contribution in [0, 0.1) is 6.92 Å². The summed E-state index contributed by atoms with van der Waals surface area (Å²) in [6.07, 6.45) is 0.286. The Bertz CT molecular complexity index is 392. The van der Waals surface area contributed by atoms with Gasteiger partial charge in [0.2, 0.25) is 5.78 Å². The first kappa shape index (κ1) is 9.90. The maximum atomic E-state index is 11.8. The fourth-order valence-corrected chi connectivity index (χ4v) is 1.61. The summed E-state index contributed by atoms with van der Waals surface area (Å²) in [4.78, 5) is 22.7. The van der Waals surface area contributed by atoms with Crippen LogP contribution in [0.3, 0.4) is 0 Å². The number of Topliss-reactive ketones (excluding diaryl/α,β-unsaturated/α-hetero) is 1. The van der Waals surface area contributed by atoms with Crippen LogP contribution in [0.5, 0.6) is 0 Å². The molecule has 0 radical (unpaired) electrons. The van der Waals surface area contributed by atoms with Gasteiger partial charge < -0.3 is 4.74 Å². The van der Waals surface area contributed by atoms with E-state index in [2.05, 4.69) is 0 Å². The molecular formula is C12H12O3. The van der Waals surface area contributed by atoms with Gasteiger partial charge in [-0.15, -0.1) is 0 Å². The van der Waals surface area contributed by atoms with Crippen LogP contribution in [0.25, 0.3) is 0 Å². The van der Waals surface area contributed by atoms with Gasteiger partial charge in [0.1, 0.15) is 0 Å². The summed E-state index contributed by atoms with van der Waals surface area (Å²) >= 11 is 0. The van der Waals surface area contributed by atoms with E-state index < -0.39 is 6.10 Å². The molecule has 1 saturated heterocycles. The van der Waals surface area contributed by atoms with Crippen LogP contribution in [0.4, 0.5) is 0 Å². The van der Waals surface area contributed by atoms with Gasteiger partial charge in [0.15, 0.2) is 6.10 Å². The summed E-state index contributed by atoms with van der Waals surface area (Å²) in [7, 11) is 0. The van der Waals surface area contributed by atoms with Gasteiger partial charge in [0, 0.05) is 18.4 Å². The lowest BCUT2D eigenvalue weighted by Crippen LogP contribution is -2.20. The molecule has 15 heavy (non-hydrogen) atoms. The fraction of sp³-hybridized carbons (Fsp3) is 0.333. The first-order valence-electron chi connectivity index (χ1n) is 4.97. The van der Waals surface area contributed by atoms with Crippen molar-refractivity contribution in [3.8, 4) is 0 Å². The molecule has 0 aliphatic carbocycles. The van der Waals surface area contributed by atoms with Gasteiger partial charge in [-0.05, 0) is 6.92 Å². The number of ketones is 1. The molecule has 1 aliphatic heterocycles. The van der Waals surface area contributed by atoms with E-state index in [4.69, 9.17) is 4.74 Å². The number of carbonyl (C=O) groups is 2. The van der Waals surface area contributed by atoms with E-state index in [1.54, 1.807) is 12.1 Å². The van der Waals surface area contributed by atoms with Gasteiger partial charge in [0.05, 0.1) is 0 Å². The molecule has 1 aliphatic rings. The van der Waals surface area contributed by atoms with Crippen molar-refractivity contribution < 1.29 is 14.3 Å². The Morgan fingerprint density at radius 2 is 2.00 bits per heavy atom. The molecule has 3 heteroatoms. The van der Waals surface area contributed by atoms with Gasteiger partial charge >= 0.3 is 5.97 Å². The smallest absolute Gasteiger partial charge is 0.306 e. The summed E-state index contributed by atoms with van der Waals surface area (Å²) in [5.41, 5.74) is 1.72. The summed E-state index contributed by atoms with van der Waals surface area (Å²) in [6.45, 7) is 1.96. The fourth-order valence-electron chi connectivity index (χ4n) is 1.61. The number of rotatable bonds is 2. The average Bonchev–Trinajstić information content (AvgIpc) is 2.65. The number of ether oxygens (including phenoxy) is 1. The van der Waals surface area contributed by atoms with Crippen molar-refractivity contribution in [2.24, 2.45) is 0 Å². The van der Waals surface area contributed by atoms with Crippen LogP contribution in [0.1, 0.15) is 28.8 Å². The molecule has 0 N–H and O–H groups in total. The standard InChI is InChI=1S/C12H12O3/c1-8-2-4-9(5-3-8)12(14)10-6-7-11(13)15-10/h2-5,10H,6-7H2,1H3. The van der Waals surface area contributed by atoms with Gasteiger partial charge in [-0.25, -0.2) is 0 Å². The zero-order chi connectivity index (χ0) is 10.8. The van der Waals surface area contributed by atoms with E-state index >= 15 is 0 Å². The molecule has 1 atom stereocenters. The van der Waals surface area contributed by atoms with E-state index in [-0.39, 0.29) is 11.8 Å². The van der Waals surface area contributed by atoms with Crippen LogP contribution in [0.2, 0.25) is 0 Å². The highest BCUT2D eigenvalue weighted by Crippen LogP contribution is 2.18. The molecule has 78 valence electrons. The number of esters is 1. The normalized spacial score (nSPS) is 20.1. The molecule has 0 bridgehead atoms. The zero-order valence-corrected chi connectivity index (χ0v) is 8.53. The number of aryl methyl sites for hydroxylation is 1. The van der Waals surface area contributed by atoms with E-state index in [1.807, 2.05) is 19.1 Å². The predicted octanol–water partition coefficient (Wildman–Crippen LogP) is 1.88. The number of hydrogen-bond acceptors (Lipinski definition) is 3. The molecule has 0 saturated carbocycles. The monoisotopic (exact) mass is 204 g/mol. The molecule has 0 aromatic heterocycles. The summed E-state index contributed by atoms with van der Waals surface area (Å²) in [5.74, 6) is -0.374. The second-order valence-electron chi connectivity index (χ2n) is 3.75. The molecular weight excluding hydrogens is 192 g/mol. The number of benzene rings is 1. The number of hydrogen-bond donors (Lipinski definition) is 0. The largest absolute Gasteiger partial charge is 0.454 e. The number of carbonyl (C=O) groups excluding carboxylic acids is 2. The Morgan fingerprint density at radius 1 is 1.33 bits per heavy atom. The predicted molar refractivity (Wildman–Crippen MR) is 54.6 cm³/mol. The van der Waals surface area contributed by atoms with Gasteiger partial charge in [-0.2, -0.15) is 0 Å². The molecule has 3 nitrogen and oxygen atoms in total. The minimum absolute atomic E-state index is 0.0964. The highest BCUT2D eigenvalue weighted by Gasteiger charge is 2.30.